The maximum absolute atomic E-state index is 13.3. The Balaban J connectivity index is 2.17. The molecule has 0 aromatic carbocycles. The lowest BCUT2D eigenvalue weighted by molar-refractivity contribution is -0.163. The monoisotopic (exact) mass is 524 g/mol. The first kappa shape index (κ1) is 29.2. The van der Waals surface area contributed by atoms with Crippen molar-refractivity contribution in [3.05, 3.63) is 35.9 Å². The molecule has 0 saturated carbocycles. The van der Waals surface area contributed by atoms with Crippen molar-refractivity contribution in [1.29, 1.82) is 0 Å². The number of ether oxygens (including phenoxy) is 2. The predicted octanol–water partition coefficient (Wildman–Crippen LogP) is 4.46. The minimum atomic E-state index is -2.08. The number of nitrogens with one attached hydrogen (secondary N) is 1. The second-order valence-corrected chi connectivity index (χ2v) is 16.3. The fourth-order valence-corrected chi connectivity index (χ4v) is 6.68. The van der Waals surface area contributed by atoms with E-state index in [-0.39, 0.29) is 48.1 Å². The van der Waals surface area contributed by atoms with Gasteiger partial charge in [0.25, 0.3) is 0 Å². The molecule has 4 atom stereocenters. The number of rotatable bonds is 12. The highest BCUT2D eigenvalue weighted by Gasteiger charge is 2.61. The van der Waals surface area contributed by atoms with E-state index in [2.05, 4.69) is 52.3 Å². The summed E-state index contributed by atoms with van der Waals surface area (Å²) >= 11 is 1.45. The number of hydrogen-bond donors (Lipinski definition) is 1. The van der Waals surface area contributed by atoms with Crippen molar-refractivity contribution in [2.75, 3.05) is 25.5 Å². The minimum absolute atomic E-state index is 0.0216. The van der Waals surface area contributed by atoms with Crippen molar-refractivity contribution >= 4 is 38.0 Å². The molecule has 2 rings (SSSR count). The first-order valence-corrected chi connectivity index (χ1v) is 15.8. The Morgan fingerprint density at radius 1 is 1.20 bits per heavy atom. The van der Waals surface area contributed by atoms with E-state index in [4.69, 9.17) is 13.9 Å². The van der Waals surface area contributed by atoms with E-state index in [0.717, 1.165) is 4.91 Å². The molecule has 0 aliphatic carbocycles. The van der Waals surface area contributed by atoms with Crippen molar-refractivity contribution in [3.63, 3.8) is 0 Å². The van der Waals surface area contributed by atoms with Gasteiger partial charge in [0.2, 0.25) is 5.91 Å². The zero-order valence-electron chi connectivity index (χ0n) is 22.0. The first-order chi connectivity index (χ1) is 16.3. The summed E-state index contributed by atoms with van der Waals surface area (Å²) in [5.41, 5.74) is 0.296. The smallest absolute Gasteiger partial charge is 0.407 e. The molecule has 2 heterocycles. The Morgan fingerprint density at radius 2 is 1.80 bits per heavy atom. The summed E-state index contributed by atoms with van der Waals surface area (Å²) in [5, 5.41) is 2.69. The molecule has 8 nitrogen and oxygen atoms in total. The molecule has 0 bridgehead atoms. The number of thioether (sulfide) groups is 1. The molecule has 0 spiro atoms. The van der Waals surface area contributed by atoms with Gasteiger partial charge in [0, 0.05) is 23.1 Å². The summed E-state index contributed by atoms with van der Waals surface area (Å²) in [6.45, 7) is 22.5. The molecule has 2 aliphatic heterocycles. The molecule has 10 heteroatoms. The third-order valence-corrected chi connectivity index (χ3v) is 12.7. The number of carbonyl (C=O) groups excluding carboxylic acids is 3. The summed E-state index contributed by atoms with van der Waals surface area (Å²) < 4.78 is 16.8. The summed E-state index contributed by atoms with van der Waals surface area (Å²) in [5.74, 6) is -0.528. The van der Waals surface area contributed by atoms with E-state index in [1.807, 2.05) is 13.8 Å². The van der Waals surface area contributed by atoms with Crippen LogP contribution in [0.25, 0.3) is 0 Å². The highest BCUT2D eigenvalue weighted by atomic mass is 32.2. The summed E-state index contributed by atoms with van der Waals surface area (Å²) in [4.78, 5) is 40.3. The number of alkyl carbamates (subject to hydrolysis) is 1. The van der Waals surface area contributed by atoms with Gasteiger partial charge in [-0.05, 0) is 25.1 Å². The van der Waals surface area contributed by atoms with Gasteiger partial charge in [-0.15, -0.1) is 11.8 Å². The molecule has 0 aromatic rings. The average molecular weight is 525 g/mol. The van der Waals surface area contributed by atoms with Crippen LogP contribution in [0, 0.1) is 11.8 Å². The lowest BCUT2D eigenvalue weighted by atomic mass is 9.79. The minimum Gasteiger partial charge on any atom is -0.457 e. The lowest BCUT2D eigenvalue weighted by Gasteiger charge is -2.50. The van der Waals surface area contributed by atoms with Gasteiger partial charge in [-0.2, -0.15) is 0 Å². The molecule has 1 N–H and O–H groups in total. The maximum Gasteiger partial charge on any atom is 0.407 e. The topological polar surface area (TPSA) is 94.2 Å². The predicted molar refractivity (Wildman–Crippen MR) is 141 cm³/mol. The highest BCUT2D eigenvalue weighted by Crippen LogP contribution is 2.51. The Hall–Kier alpha value is -2.04. The zero-order chi connectivity index (χ0) is 26.6. The normalized spacial score (nSPS) is 22.8. The molecule has 2 aliphatic rings. The second kappa shape index (κ2) is 11.8. The number of nitrogens with zero attached hydrogens (tertiary/aromatic N) is 1. The summed E-state index contributed by atoms with van der Waals surface area (Å²) in [6.07, 6.45) is 2.20. The molecular formula is C25H40N2O6SSi. The van der Waals surface area contributed by atoms with Crippen LogP contribution in [0.15, 0.2) is 35.9 Å². The van der Waals surface area contributed by atoms with E-state index < -0.39 is 20.4 Å². The molecule has 196 valence electrons. The Labute approximate surface area is 214 Å². The van der Waals surface area contributed by atoms with E-state index >= 15 is 0 Å². The molecule has 0 aromatic heterocycles. The van der Waals surface area contributed by atoms with Gasteiger partial charge in [0.15, 0.2) is 8.32 Å². The summed E-state index contributed by atoms with van der Waals surface area (Å²) in [6, 6.07) is -0.165. The van der Waals surface area contributed by atoms with Crippen molar-refractivity contribution in [1.82, 2.24) is 10.2 Å². The molecule has 1 saturated heterocycles. The van der Waals surface area contributed by atoms with Gasteiger partial charge in [-0.1, -0.05) is 53.0 Å². The first-order valence-electron chi connectivity index (χ1n) is 12.0. The van der Waals surface area contributed by atoms with Crippen molar-refractivity contribution in [2.45, 2.75) is 64.9 Å². The Morgan fingerprint density at radius 3 is 2.37 bits per heavy atom. The van der Waals surface area contributed by atoms with E-state index in [1.54, 1.807) is 4.90 Å². The van der Waals surface area contributed by atoms with Gasteiger partial charge in [-0.25, -0.2) is 9.59 Å². The van der Waals surface area contributed by atoms with Crippen LogP contribution in [0.1, 0.15) is 34.6 Å². The third-order valence-electron chi connectivity index (χ3n) is 6.87. The molecule has 2 amide bonds. The van der Waals surface area contributed by atoms with E-state index in [1.165, 1.54) is 23.9 Å². The molecular weight excluding hydrogens is 484 g/mol. The number of hydrogen-bond acceptors (Lipinski definition) is 7. The SMILES string of the molecule is C=CCOC(=O)NCCSC1=C(C(=O)OCC=C)N2C(=O)[C@H]([C@@H](C)O[Si](C)(C)C(C)(C)C)[C@H]2[C@H]1C. The summed E-state index contributed by atoms with van der Waals surface area (Å²) in [7, 11) is -2.08. The fourth-order valence-electron chi connectivity index (χ4n) is 4.11. The number of esters is 1. The molecule has 35 heavy (non-hydrogen) atoms. The van der Waals surface area contributed by atoms with Crippen LogP contribution in [-0.4, -0.2) is 68.8 Å². The lowest BCUT2D eigenvalue weighted by Crippen LogP contribution is -2.65. The van der Waals surface area contributed by atoms with Crippen LogP contribution in [-0.2, 0) is 23.5 Å². The maximum atomic E-state index is 13.3. The van der Waals surface area contributed by atoms with Crippen molar-refractivity contribution in [3.8, 4) is 0 Å². The quantitative estimate of drug-likeness (QED) is 0.132. The number of fused-ring (bicyclic) bond motifs is 1. The largest absolute Gasteiger partial charge is 0.457 e. The molecule has 1 fully saturated rings. The van der Waals surface area contributed by atoms with Crippen LogP contribution in [0.5, 0.6) is 0 Å². The second-order valence-electron chi connectivity index (χ2n) is 10.4. The van der Waals surface area contributed by atoms with Gasteiger partial charge in [0.05, 0.1) is 18.1 Å². The number of carbonyl (C=O) groups is 3. The van der Waals surface area contributed by atoms with Crippen LogP contribution < -0.4 is 5.32 Å². The number of β-lactam (4-membered cyclic amide) rings is 1. The molecule has 0 radical (unpaired) electrons. The van der Waals surface area contributed by atoms with Crippen LogP contribution in [0.3, 0.4) is 0 Å². The third kappa shape index (κ3) is 6.40. The van der Waals surface area contributed by atoms with Gasteiger partial charge in [0.1, 0.15) is 18.9 Å². The van der Waals surface area contributed by atoms with Crippen LogP contribution in [0.2, 0.25) is 18.1 Å². The van der Waals surface area contributed by atoms with Crippen molar-refractivity contribution < 1.29 is 28.3 Å². The van der Waals surface area contributed by atoms with Crippen molar-refractivity contribution in [2.24, 2.45) is 11.8 Å². The van der Waals surface area contributed by atoms with Crippen LogP contribution >= 0.6 is 11.8 Å². The highest BCUT2D eigenvalue weighted by molar-refractivity contribution is 8.03. The van der Waals surface area contributed by atoms with Gasteiger partial charge < -0.3 is 24.1 Å². The fraction of sp³-hybridized carbons (Fsp3) is 0.640. The van der Waals surface area contributed by atoms with Crippen LogP contribution in [0.4, 0.5) is 4.79 Å². The zero-order valence-corrected chi connectivity index (χ0v) is 23.8. The Kier molecular flexibility index (Phi) is 9.84. The Bertz CT molecular complexity index is 882. The van der Waals surface area contributed by atoms with E-state index in [0.29, 0.717) is 18.0 Å². The molecule has 0 unspecified atom stereocenters. The standard InChI is InChI=1S/C25H40N2O6SSi/c1-10-13-31-23(29)20-21(34-15-12-26-24(30)32-14-11-2)16(3)19-18(22(28)27(19)20)17(4)33-35(8,9)25(5,6)7/h10-11,16-19H,1-2,12-15H2,3-9H3,(H,26,30)/t16-,17-,18-,19-/m1/s1. The van der Waals surface area contributed by atoms with Gasteiger partial charge in [-0.3, -0.25) is 4.79 Å². The van der Waals surface area contributed by atoms with Gasteiger partial charge >= 0.3 is 12.1 Å². The van der Waals surface area contributed by atoms with E-state index in [9.17, 15) is 14.4 Å². The number of amides is 2. The average Bonchev–Trinajstić information content (AvgIpc) is 3.00.